The van der Waals surface area contributed by atoms with Crippen LogP contribution in [0.5, 0.6) is 0 Å². The second kappa shape index (κ2) is 13.7. The van der Waals surface area contributed by atoms with Crippen molar-refractivity contribution in [2.45, 2.75) is 44.6 Å². The van der Waals surface area contributed by atoms with Gasteiger partial charge in [-0.1, -0.05) is 71.7 Å². The molecule has 0 aromatic heterocycles. The van der Waals surface area contributed by atoms with Crippen LogP contribution in [-0.2, 0) is 28.3 Å². The zero-order valence-electron chi connectivity index (χ0n) is 20.2. The van der Waals surface area contributed by atoms with Gasteiger partial charge in [-0.25, -0.2) is 4.39 Å². The van der Waals surface area contributed by atoms with Gasteiger partial charge in [-0.05, 0) is 49.2 Å². The van der Waals surface area contributed by atoms with Gasteiger partial charge in [-0.3, -0.25) is 9.59 Å². The number of carbonyl (C=O) groups is 2. The lowest BCUT2D eigenvalue weighted by Gasteiger charge is -2.32. The lowest BCUT2D eigenvalue weighted by Crippen LogP contribution is -2.52. The summed E-state index contributed by atoms with van der Waals surface area (Å²) in [7, 11) is 0. The number of carbonyl (C=O) groups excluding carboxylic acids is 2. The molecule has 2 amide bonds. The third-order valence-electron chi connectivity index (χ3n) is 5.48. The van der Waals surface area contributed by atoms with Crippen molar-refractivity contribution in [1.29, 1.82) is 0 Å². The highest BCUT2D eigenvalue weighted by Gasteiger charge is 2.30. The summed E-state index contributed by atoms with van der Waals surface area (Å²) in [5.74, 6) is -0.565. The lowest BCUT2D eigenvalue weighted by molar-refractivity contribution is -0.139. The third-order valence-corrected chi connectivity index (χ3v) is 7.01. The van der Waals surface area contributed by atoms with Gasteiger partial charge in [0.15, 0.2) is 0 Å². The Morgan fingerprint density at radius 1 is 0.972 bits per heavy atom. The number of halogens is 3. The van der Waals surface area contributed by atoms with Crippen LogP contribution in [0, 0.1) is 5.82 Å². The summed E-state index contributed by atoms with van der Waals surface area (Å²) in [6, 6.07) is 20.5. The molecule has 1 atom stereocenters. The van der Waals surface area contributed by atoms with E-state index < -0.39 is 11.9 Å². The molecule has 8 heteroatoms. The van der Waals surface area contributed by atoms with Crippen LogP contribution in [0.2, 0.25) is 10.0 Å². The monoisotopic (exact) mass is 546 g/mol. The third kappa shape index (κ3) is 8.26. The molecule has 1 N–H and O–H groups in total. The zero-order chi connectivity index (χ0) is 26.1. The maximum atomic E-state index is 14.2. The molecule has 0 saturated carbocycles. The Morgan fingerprint density at radius 3 is 2.33 bits per heavy atom. The summed E-state index contributed by atoms with van der Waals surface area (Å²) >= 11 is 13.6. The molecule has 0 radical (unpaired) electrons. The first-order valence-electron chi connectivity index (χ1n) is 11.6. The average molecular weight is 548 g/mol. The summed E-state index contributed by atoms with van der Waals surface area (Å²) in [5, 5.41) is 3.83. The molecular formula is C28H29Cl2FN2O2S. The molecule has 36 heavy (non-hydrogen) atoms. The van der Waals surface area contributed by atoms with Gasteiger partial charge in [-0.15, -0.1) is 11.8 Å². The fourth-order valence-corrected chi connectivity index (χ4v) is 5.22. The number of hydrogen-bond acceptors (Lipinski definition) is 3. The van der Waals surface area contributed by atoms with Gasteiger partial charge in [0.2, 0.25) is 11.8 Å². The first kappa shape index (κ1) is 28.0. The molecule has 0 spiro atoms. The van der Waals surface area contributed by atoms with Crippen LogP contribution < -0.4 is 5.32 Å². The van der Waals surface area contributed by atoms with Crippen LogP contribution >= 0.6 is 35.0 Å². The topological polar surface area (TPSA) is 49.4 Å². The van der Waals surface area contributed by atoms with Gasteiger partial charge in [0.05, 0.1) is 5.75 Å². The van der Waals surface area contributed by atoms with Crippen molar-refractivity contribution < 1.29 is 14.0 Å². The number of rotatable bonds is 11. The number of amides is 2. The van der Waals surface area contributed by atoms with Crippen molar-refractivity contribution in [2.75, 3.05) is 5.75 Å². The first-order chi connectivity index (χ1) is 17.2. The molecule has 3 rings (SSSR count). The van der Waals surface area contributed by atoms with Crippen molar-refractivity contribution in [2.24, 2.45) is 0 Å². The van der Waals surface area contributed by atoms with Crippen LogP contribution in [0.4, 0.5) is 4.39 Å². The first-order valence-corrected chi connectivity index (χ1v) is 13.5. The molecule has 3 aromatic carbocycles. The summed E-state index contributed by atoms with van der Waals surface area (Å²) in [4.78, 5) is 28.5. The standard InChI is InChI=1S/C28H29Cl2FN2O2S/c1-19(2)32-28(35)26(15-20-8-4-3-5-9-20)33(16-21-10-6-11-22(29)14-21)27(34)18-36-17-23-24(30)12-7-13-25(23)31/h3-14,19,26H,15-18H2,1-2H3,(H,32,35)/t26-/m1/s1. The van der Waals surface area contributed by atoms with Crippen molar-refractivity contribution >= 4 is 46.8 Å². The minimum Gasteiger partial charge on any atom is -0.352 e. The van der Waals surface area contributed by atoms with E-state index in [-0.39, 0.29) is 35.9 Å². The van der Waals surface area contributed by atoms with Crippen molar-refractivity contribution in [3.8, 4) is 0 Å². The molecule has 0 heterocycles. The van der Waals surface area contributed by atoms with E-state index in [0.29, 0.717) is 22.0 Å². The minimum absolute atomic E-state index is 0.0610. The molecule has 190 valence electrons. The Kier molecular flexibility index (Phi) is 10.7. The second-order valence-electron chi connectivity index (χ2n) is 8.71. The highest BCUT2D eigenvalue weighted by Crippen LogP contribution is 2.25. The van der Waals surface area contributed by atoms with E-state index in [1.54, 1.807) is 29.2 Å². The van der Waals surface area contributed by atoms with E-state index in [0.717, 1.165) is 11.1 Å². The molecule has 3 aromatic rings. The summed E-state index contributed by atoms with van der Waals surface area (Å²) in [6.07, 6.45) is 0.357. The van der Waals surface area contributed by atoms with Crippen LogP contribution in [0.25, 0.3) is 0 Å². The molecule has 0 unspecified atom stereocenters. The van der Waals surface area contributed by atoms with Gasteiger partial charge >= 0.3 is 0 Å². The SMILES string of the molecule is CC(C)NC(=O)[C@@H](Cc1ccccc1)N(Cc1cccc(Cl)c1)C(=O)CSCc1c(F)cccc1Cl. The Morgan fingerprint density at radius 2 is 1.67 bits per heavy atom. The predicted octanol–water partition coefficient (Wildman–Crippen LogP) is 6.53. The van der Waals surface area contributed by atoms with Gasteiger partial charge in [-0.2, -0.15) is 0 Å². The Bertz CT molecular complexity index is 1160. The fourth-order valence-electron chi connectivity index (χ4n) is 3.76. The van der Waals surface area contributed by atoms with E-state index >= 15 is 0 Å². The van der Waals surface area contributed by atoms with E-state index in [4.69, 9.17) is 23.2 Å². The Hall–Kier alpha value is -2.54. The molecule has 0 saturated heterocycles. The molecule has 0 bridgehead atoms. The zero-order valence-corrected chi connectivity index (χ0v) is 22.5. The number of thioether (sulfide) groups is 1. The normalized spacial score (nSPS) is 11.8. The maximum Gasteiger partial charge on any atom is 0.243 e. The molecule has 0 aliphatic heterocycles. The van der Waals surface area contributed by atoms with Crippen LogP contribution in [-0.4, -0.2) is 34.6 Å². The maximum absolute atomic E-state index is 14.2. The second-order valence-corrected chi connectivity index (χ2v) is 10.5. The largest absolute Gasteiger partial charge is 0.352 e. The highest BCUT2D eigenvalue weighted by molar-refractivity contribution is 7.99. The van der Waals surface area contributed by atoms with Crippen molar-refractivity contribution in [1.82, 2.24) is 10.2 Å². The van der Waals surface area contributed by atoms with E-state index in [9.17, 15) is 14.0 Å². The van der Waals surface area contributed by atoms with Crippen molar-refractivity contribution in [3.63, 3.8) is 0 Å². The summed E-state index contributed by atoms with van der Waals surface area (Å²) in [6.45, 7) is 3.98. The minimum atomic E-state index is -0.737. The van der Waals surface area contributed by atoms with Gasteiger partial charge in [0.25, 0.3) is 0 Å². The van der Waals surface area contributed by atoms with Gasteiger partial charge in [0.1, 0.15) is 11.9 Å². The molecule has 0 aliphatic carbocycles. The van der Waals surface area contributed by atoms with E-state index in [1.807, 2.05) is 56.3 Å². The smallest absolute Gasteiger partial charge is 0.243 e. The van der Waals surface area contributed by atoms with Crippen molar-refractivity contribution in [3.05, 3.63) is 105 Å². The van der Waals surface area contributed by atoms with Gasteiger partial charge in [0, 0.05) is 40.4 Å². The summed E-state index contributed by atoms with van der Waals surface area (Å²) < 4.78 is 14.2. The number of nitrogens with one attached hydrogen (secondary N) is 1. The highest BCUT2D eigenvalue weighted by atomic mass is 35.5. The van der Waals surface area contributed by atoms with E-state index in [1.165, 1.54) is 17.8 Å². The van der Waals surface area contributed by atoms with Crippen LogP contribution in [0.15, 0.2) is 72.8 Å². The number of hydrogen-bond donors (Lipinski definition) is 1. The van der Waals surface area contributed by atoms with Gasteiger partial charge < -0.3 is 10.2 Å². The molecule has 4 nitrogen and oxygen atoms in total. The predicted molar refractivity (Wildman–Crippen MR) is 147 cm³/mol. The Balaban J connectivity index is 1.87. The lowest BCUT2D eigenvalue weighted by atomic mass is 10.0. The fraction of sp³-hybridized carbons (Fsp3) is 0.286. The summed E-state index contributed by atoms with van der Waals surface area (Å²) in [5.41, 5.74) is 2.11. The van der Waals surface area contributed by atoms with Crippen LogP contribution in [0.1, 0.15) is 30.5 Å². The quantitative estimate of drug-likeness (QED) is 0.297. The average Bonchev–Trinajstić information content (AvgIpc) is 2.83. The molecule has 0 aliphatic rings. The van der Waals surface area contributed by atoms with E-state index in [2.05, 4.69) is 5.32 Å². The number of nitrogens with zero attached hydrogens (tertiary/aromatic N) is 1. The number of benzene rings is 3. The Labute approximate surface area is 226 Å². The molecular weight excluding hydrogens is 518 g/mol. The molecule has 0 fully saturated rings. The van der Waals surface area contributed by atoms with Crippen LogP contribution in [0.3, 0.4) is 0 Å².